The zero-order valence-corrected chi connectivity index (χ0v) is 7.73. The number of ether oxygens (including phenoxy) is 1. The van der Waals surface area contributed by atoms with Crippen LogP contribution in [0.1, 0.15) is 26.2 Å². The second-order valence-corrected chi connectivity index (χ2v) is 3.02. The number of nitrogens with one attached hydrogen (secondary N) is 1. The van der Waals surface area contributed by atoms with Crippen LogP contribution in [0.25, 0.3) is 0 Å². The third-order valence-electron chi connectivity index (χ3n) is 2.01. The van der Waals surface area contributed by atoms with Crippen LogP contribution < -0.4 is 5.32 Å². The quantitative estimate of drug-likeness (QED) is 0.503. The Morgan fingerprint density at radius 1 is 1.58 bits per heavy atom. The van der Waals surface area contributed by atoms with E-state index in [9.17, 15) is 0 Å². The van der Waals surface area contributed by atoms with E-state index in [1.54, 1.807) is 0 Å². The Kier molecular flexibility index (Phi) is 4.82. The van der Waals surface area contributed by atoms with Crippen LogP contribution in [0, 0.1) is 11.8 Å². The lowest BCUT2D eigenvalue weighted by Crippen LogP contribution is -2.35. The summed E-state index contributed by atoms with van der Waals surface area (Å²) in [6.07, 6.45) is 3.74. The molecule has 12 heavy (non-hydrogen) atoms. The van der Waals surface area contributed by atoms with Crippen molar-refractivity contribution in [1.82, 2.24) is 5.32 Å². The second kappa shape index (κ2) is 6.05. The van der Waals surface area contributed by atoms with Crippen molar-refractivity contribution in [3.8, 4) is 11.8 Å². The maximum absolute atomic E-state index is 5.62. The van der Waals surface area contributed by atoms with Gasteiger partial charge in [-0.25, -0.2) is 0 Å². The van der Waals surface area contributed by atoms with Crippen molar-refractivity contribution in [2.24, 2.45) is 0 Å². The van der Waals surface area contributed by atoms with Crippen LogP contribution in [-0.4, -0.2) is 25.8 Å². The van der Waals surface area contributed by atoms with Crippen LogP contribution in [0.4, 0.5) is 0 Å². The summed E-state index contributed by atoms with van der Waals surface area (Å²) in [6, 6.07) is 0. The predicted molar refractivity (Wildman–Crippen MR) is 49.9 cm³/mol. The highest BCUT2D eigenvalue weighted by Crippen LogP contribution is 2.05. The number of rotatable bonds is 3. The summed E-state index contributed by atoms with van der Waals surface area (Å²) in [7, 11) is 0. The Morgan fingerprint density at radius 2 is 2.50 bits per heavy atom. The highest BCUT2D eigenvalue weighted by molar-refractivity contribution is 4.94. The van der Waals surface area contributed by atoms with Crippen molar-refractivity contribution < 1.29 is 4.74 Å². The van der Waals surface area contributed by atoms with E-state index in [0.717, 1.165) is 26.1 Å². The number of hydrogen-bond acceptors (Lipinski definition) is 2. The van der Waals surface area contributed by atoms with Gasteiger partial charge in [0.1, 0.15) is 0 Å². The summed E-state index contributed by atoms with van der Waals surface area (Å²) < 4.78 is 5.62. The first-order valence-electron chi connectivity index (χ1n) is 4.65. The Morgan fingerprint density at radius 3 is 3.17 bits per heavy atom. The molecule has 1 aliphatic heterocycles. The largest absolute Gasteiger partial charge is 0.376 e. The van der Waals surface area contributed by atoms with Gasteiger partial charge in [-0.3, -0.25) is 0 Å². The van der Waals surface area contributed by atoms with Gasteiger partial charge in [-0.15, -0.1) is 11.8 Å². The SMILES string of the molecule is CC#CCCOC1CCCNC1. The molecule has 0 amide bonds. The monoisotopic (exact) mass is 167 g/mol. The van der Waals surface area contributed by atoms with Gasteiger partial charge in [0.2, 0.25) is 0 Å². The molecule has 1 atom stereocenters. The topological polar surface area (TPSA) is 21.3 Å². The Labute approximate surface area is 74.7 Å². The summed E-state index contributed by atoms with van der Waals surface area (Å²) >= 11 is 0. The molecule has 2 nitrogen and oxygen atoms in total. The third-order valence-corrected chi connectivity index (χ3v) is 2.01. The fraction of sp³-hybridized carbons (Fsp3) is 0.800. The molecule has 2 heteroatoms. The first-order valence-corrected chi connectivity index (χ1v) is 4.65. The smallest absolute Gasteiger partial charge is 0.0700 e. The van der Waals surface area contributed by atoms with E-state index in [0.29, 0.717) is 6.10 Å². The zero-order chi connectivity index (χ0) is 8.65. The molecule has 0 aromatic carbocycles. The van der Waals surface area contributed by atoms with Crippen molar-refractivity contribution >= 4 is 0 Å². The van der Waals surface area contributed by atoms with Crippen LogP contribution in [0.2, 0.25) is 0 Å². The summed E-state index contributed by atoms with van der Waals surface area (Å²) in [5.41, 5.74) is 0. The zero-order valence-electron chi connectivity index (χ0n) is 7.73. The van der Waals surface area contributed by atoms with Gasteiger partial charge in [-0.05, 0) is 26.3 Å². The van der Waals surface area contributed by atoms with E-state index in [2.05, 4.69) is 17.2 Å². The molecule has 1 unspecified atom stereocenters. The number of piperidine rings is 1. The van der Waals surface area contributed by atoms with E-state index in [1.165, 1.54) is 12.8 Å². The van der Waals surface area contributed by atoms with Gasteiger partial charge in [0.15, 0.2) is 0 Å². The van der Waals surface area contributed by atoms with Crippen LogP contribution in [0.15, 0.2) is 0 Å². The average molecular weight is 167 g/mol. The van der Waals surface area contributed by atoms with Crippen molar-refractivity contribution in [1.29, 1.82) is 0 Å². The highest BCUT2D eigenvalue weighted by atomic mass is 16.5. The minimum atomic E-state index is 0.428. The second-order valence-electron chi connectivity index (χ2n) is 3.02. The van der Waals surface area contributed by atoms with Crippen LogP contribution >= 0.6 is 0 Å². The summed E-state index contributed by atoms with van der Waals surface area (Å²) in [5, 5.41) is 3.31. The van der Waals surface area contributed by atoms with Crippen molar-refractivity contribution in [2.75, 3.05) is 19.7 Å². The summed E-state index contributed by atoms with van der Waals surface area (Å²) in [6.45, 7) is 4.81. The van der Waals surface area contributed by atoms with Gasteiger partial charge in [-0.1, -0.05) is 0 Å². The molecule has 0 bridgehead atoms. The van der Waals surface area contributed by atoms with E-state index in [4.69, 9.17) is 4.74 Å². The lowest BCUT2D eigenvalue weighted by Gasteiger charge is -2.22. The van der Waals surface area contributed by atoms with Crippen molar-refractivity contribution in [3.63, 3.8) is 0 Å². The van der Waals surface area contributed by atoms with Crippen molar-refractivity contribution in [3.05, 3.63) is 0 Å². The maximum atomic E-state index is 5.62. The lowest BCUT2D eigenvalue weighted by molar-refractivity contribution is 0.0407. The van der Waals surface area contributed by atoms with Gasteiger partial charge in [-0.2, -0.15) is 0 Å². The Hall–Kier alpha value is -0.520. The van der Waals surface area contributed by atoms with E-state index >= 15 is 0 Å². The molecule has 1 aliphatic rings. The fourth-order valence-corrected chi connectivity index (χ4v) is 1.36. The highest BCUT2D eigenvalue weighted by Gasteiger charge is 2.11. The molecule has 0 aromatic heterocycles. The molecule has 68 valence electrons. The van der Waals surface area contributed by atoms with Crippen LogP contribution in [0.5, 0.6) is 0 Å². The summed E-state index contributed by atoms with van der Waals surface area (Å²) in [4.78, 5) is 0. The fourth-order valence-electron chi connectivity index (χ4n) is 1.36. The molecule has 1 rings (SSSR count). The molecule has 1 saturated heterocycles. The average Bonchev–Trinajstić information content (AvgIpc) is 2.14. The maximum Gasteiger partial charge on any atom is 0.0700 e. The molecule has 0 saturated carbocycles. The molecular formula is C10H17NO. The Balaban J connectivity index is 2.00. The molecule has 0 aliphatic carbocycles. The Bertz CT molecular complexity index is 162. The van der Waals surface area contributed by atoms with Gasteiger partial charge in [0.05, 0.1) is 12.7 Å². The standard InChI is InChI=1S/C10H17NO/c1-2-3-4-8-12-10-6-5-7-11-9-10/h10-11H,4-9H2,1H3. The molecule has 0 radical (unpaired) electrons. The molecule has 1 fully saturated rings. The lowest BCUT2D eigenvalue weighted by atomic mass is 10.1. The molecule has 0 spiro atoms. The van der Waals surface area contributed by atoms with Gasteiger partial charge in [0.25, 0.3) is 0 Å². The first kappa shape index (κ1) is 9.57. The first-order chi connectivity index (χ1) is 5.93. The molecular weight excluding hydrogens is 150 g/mol. The van der Waals surface area contributed by atoms with Crippen molar-refractivity contribution in [2.45, 2.75) is 32.3 Å². The van der Waals surface area contributed by atoms with Gasteiger partial charge >= 0.3 is 0 Å². The van der Waals surface area contributed by atoms with E-state index in [-0.39, 0.29) is 0 Å². The third kappa shape index (κ3) is 3.75. The van der Waals surface area contributed by atoms with Crippen LogP contribution in [-0.2, 0) is 4.74 Å². The summed E-state index contributed by atoms with van der Waals surface area (Å²) in [5.74, 6) is 5.85. The predicted octanol–water partition coefficient (Wildman–Crippen LogP) is 1.17. The minimum absolute atomic E-state index is 0.428. The molecule has 1 N–H and O–H groups in total. The van der Waals surface area contributed by atoms with Crippen LogP contribution in [0.3, 0.4) is 0 Å². The van der Waals surface area contributed by atoms with Gasteiger partial charge in [0, 0.05) is 13.0 Å². The minimum Gasteiger partial charge on any atom is -0.376 e. The molecule has 0 aromatic rings. The molecule has 1 heterocycles. The van der Waals surface area contributed by atoms with Gasteiger partial charge < -0.3 is 10.1 Å². The van der Waals surface area contributed by atoms with E-state index < -0.39 is 0 Å². The van der Waals surface area contributed by atoms with E-state index in [1.807, 2.05) is 6.92 Å². The number of hydrogen-bond donors (Lipinski definition) is 1. The normalized spacial score (nSPS) is 22.9.